The quantitative estimate of drug-likeness (QED) is 0.817. The molecule has 1 aromatic rings. The minimum atomic E-state index is 0.0990. The highest BCUT2D eigenvalue weighted by atomic mass is 16.2. The second-order valence-electron chi connectivity index (χ2n) is 8.05. The summed E-state index contributed by atoms with van der Waals surface area (Å²) in [7, 11) is 0. The topological polar surface area (TPSA) is 43.9 Å². The Kier molecular flexibility index (Phi) is 6.53. The lowest BCUT2D eigenvalue weighted by atomic mass is 9.97. The average molecular weight is 372 g/mol. The molecule has 0 spiro atoms. The Hall–Kier alpha value is -1.88. The van der Waals surface area contributed by atoms with E-state index in [4.69, 9.17) is 0 Å². The van der Waals surface area contributed by atoms with E-state index in [1.54, 1.807) is 0 Å². The summed E-state index contributed by atoms with van der Waals surface area (Å²) in [4.78, 5) is 31.7. The van der Waals surface area contributed by atoms with Gasteiger partial charge in [-0.2, -0.15) is 0 Å². The van der Waals surface area contributed by atoms with Gasteiger partial charge in [0, 0.05) is 43.8 Å². The minimum absolute atomic E-state index is 0.0990. The summed E-state index contributed by atoms with van der Waals surface area (Å²) in [6.45, 7) is 9.81. The number of benzene rings is 1. The zero-order valence-corrected chi connectivity index (χ0v) is 17.0. The molecule has 5 nitrogen and oxygen atoms in total. The summed E-state index contributed by atoms with van der Waals surface area (Å²) in [5, 5.41) is 0. The van der Waals surface area contributed by atoms with Crippen molar-refractivity contribution in [1.82, 2.24) is 14.7 Å². The number of likely N-dealkylation sites (tertiary alicyclic amines) is 1. The monoisotopic (exact) mass is 371 g/mol. The van der Waals surface area contributed by atoms with Crippen molar-refractivity contribution >= 4 is 11.8 Å². The van der Waals surface area contributed by atoms with Crippen molar-refractivity contribution in [2.75, 3.05) is 32.7 Å². The van der Waals surface area contributed by atoms with Crippen LogP contribution in [-0.2, 0) is 11.2 Å². The van der Waals surface area contributed by atoms with E-state index in [0.29, 0.717) is 31.7 Å². The summed E-state index contributed by atoms with van der Waals surface area (Å²) < 4.78 is 0. The van der Waals surface area contributed by atoms with Crippen molar-refractivity contribution in [1.29, 1.82) is 0 Å². The molecule has 0 radical (unpaired) electrons. The molecule has 2 atom stereocenters. The molecular weight excluding hydrogens is 338 g/mol. The number of piperidine rings is 1. The lowest BCUT2D eigenvalue weighted by molar-refractivity contribution is -0.138. The van der Waals surface area contributed by atoms with Gasteiger partial charge in [0.2, 0.25) is 5.91 Å². The smallest absolute Gasteiger partial charge is 0.253 e. The van der Waals surface area contributed by atoms with Crippen LogP contribution >= 0.6 is 0 Å². The number of amides is 2. The maximum absolute atomic E-state index is 12.8. The second kappa shape index (κ2) is 8.87. The van der Waals surface area contributed by atoms with Gasteiger partial charge in [0.1, 0.15) is 0 Å². The molecule has 0 bridgehead atoms. The van der Waals surface area contributed by atoms with E-state index in [1.165, 1.54) is 12.0 Å². The Labute approximate surface area is 163 Å². The van der Waals surface area contributed by atoms with Crippen LogP contribution in [0.25, 0.3) is 0 Å². The maximum Gasteiger partial charge on any atom is 0.253 e. The third-order valence-electron chi connectivity index (χ3n) is 6.11. The Morgan fingerprint density at radius 1 is 0.963 bits per heavy atom. The summed E-state index contributed by atoms with van der Waals surface area (Å²) >= 11 is 0. The van der Waals surface area contributed by atoms with Crippen molar-refractivity contribution in [3.05, 3.63) is 35.4 Å². The third kappa shape index (κ3) is 4.70. The Balaban J connectivity index is 1.50. The normalized spacial score (nSPS) is 24.1. The first kappa shape index (κ1) is 19.9. The van der Waals surface area contributed by atoms with E-state index in [2.05, 4.69) is 30.6 Å². The lowest BCUT2D eigenvalue weighted by Crippen LogP contribution is -2.54. The molecule has 3 rings (SSSR count). The van der Waals surface area contributed by atoms with Crippen LogP contribution in [0, 0.1) is 0 Å². The summed E-state index contributed by atoms with van der Waals surface area (Å²) in [5.41, 5.74) is 2.00. The van der Waals surface area contributed by atoms with Gasteiger partial charge >= 0.3 is 0 Å². The molecule has 2 saturated heterocycles. The number of hydrogen-bond donors (Lipinski definition) is 0. The van der Waals surface area contributed by atoms with Crippen molar-refractivity contribution in [3.63, 3.8) is 0 Å². The van der Waals surface area contributed by atoms with Gasteiger partial charge in [-0.05, 0) is 57.2 Å². The van der Waals surface area contributed by atoms with Gasteiger partial charge in [-0.25, -0.2) is 0 Å². The second-order valence-corrected chi connectivity index (χ2v) is 8.05. The predicted molar refractivity (Wildman–Crippen MR) is 108 cm³/mol. The number of rotatable bonds is 4. The van der Waals surface area contributed by atoms with Crippen LogP contribution in [0.2, 0.25) is 0 Å². The first-order chi connectivity index (χ1) is 13.0. The van der Waals surface area contributed by atoms with Crippen LogP contribution in [0.4, 0.5) is 0 Å². The molecule has 2 unspecified atom stereocenters. The standard InChI is InChI=1S/C22H33N3O2/c1-4-19-8-10-20(11-9-19)22(27)24-14-12-23(13-15-24)16-21(26)25-17(2)6-5-7-18(25)3/h8-11,17-18H,4-7,12-16H2,1-3H3. The Morgan fingerprint density at radius 3 is 2.11 bits per heavy atom. The minimum Gasteiger partial charge on any atom is -0.336 e. The van der Waals surface area contributed by atoms with Gasteiger partial charge in [0.15, 0.2) is 0 Å². The third-order valence-corrected chi connectivity index (χ3v) is 6.11. The molecule has 27 heavy (non-hydrogen) atoms. The molecule has 0 aliphatic carbocycles. The molecule has 1 aromatic carbocycles. The zero-order chi connectivity index (χ0) is 19.4. The highest BCUT2D eigenvalue weighted by Crippen LogP contribution is 2.23. The number of hydrogen-bond acceptors (Lipinski definition) is 3. The van der Waals surface area contributed by atoms with Crippen LogP contribution in [-0.4, -0.2) is 71.3 Å². The molecule has 2 fully saturated rings. The van der Waals surface area contributed by atoms with Crippen LogP contribution in [0.15, 0.2) is 24.3 Å². The molecule has 2 aliphatic heterocycles. The van der Waals surface area contributed by atoms with Gasteiger partial charge in [0.05, 0.1) is 6.54 Å². The number of piperazine rings is 1. The molecule has 0 saturated carbocycles. The summed E-state index contributed by atoms with van der Waals surface area (Å²) in [6, 6.07) is 8.60. The SMILES string of the molecule is CCc1ccc(C(=O)N2CCN(CC(=O)N3C(C)CCCC3C)CC2)cc1. The lowest BCUT2D eigenvalue weighted by Gasteiger charge is -2.41. The average Bonchev–Trinajstić information content (AvgIpc) is 2.68. The number of aryl methyl sites for hydroxylation is 1. The highest BCUT2D eigenvalue weighted by Gasteiger charge is 2.31. The van der Waals surface area contributed by atoms with E-state index >= 15 is 0 Å². The van der Waals surface area contributed by atoms with E-state index in [9.17, 15) is 9.59 Å². The summed E-state index contributed by atoms with van der Waals surface area (Å²) in [6.07, 6.45) is 4.41. The fraction of sp³-hybridized carbons (Fsp3) is 0.636. The first-order valence-corrected chi connectivity index (χ1v) is 10.4. The number of carbonyl (C=O) groups excluding carboxylic acids is 2. The van der Waals surface area contributed by atoms with Gasteiger partial charge in [-0.3, -0.25) is 14.5 Å². The van der Waals surface area contributed by atoms with E-state index < -0.39 is 0 Å². The van der Waals surface area contributed by atoms with Gasteiger partial charge in [-0.1, -0.05) is 19.1 Å². The van der Waals surface area contributed by atoms with E-state index in [0.717, 1.165) is 37.9 Å². The van der Waals surface area contributed by atoms with Gasteiger partial charge < -0.3 is 9.80 Å². The maximum atomic E-state index is 12.8. The fourth-order valence-corrected chi connectivity index (χ4v) is 4.36. The van der Waals surface area contributed by atoms with Crippen molar-refractivity contribution in [3.8, 4) is 0 Å². The molecule has 0 N–H and O–H groups in total. The van der Waals surface area contributed by atoms with Crippen LogP contribution in [0.1, 0.15) is 56.0 Å². The number of nitrogens with zero attached hydrogens (tertiary/aromatic N) is 3. The van der Waals surface area contributed by atoms with Crippen molar-refractivity contribution in [2.24, 2.45) is 0 Å². The molecule has 5 heteroatoms. The molecule has 148 valence electrons. The first-order valence-electron chi connectivity index (χ1n) is 10.4. The largest absolute Gasteiger partial charge is 0.336 e. The van der Waals surface area contributed by atoms with E-state index in [1.807, 2.05) is 29.2 Å². The Morgan fingerprint density at radius 2 is 1.56 bits per heavy atom. The van der Waals surface area contributed by atoms with Crippen molar-refractivity contribution in [2.45, 2.75) is 58.5 Å². The van der Waals surface area contributed by atoms with Crippen LogP contribution < -0.4 is 0 Å². The fourth-order valence-electron chi connectivity index (χ4n) is 4.36. The van der Waals surface area contributed by atoms with Gasteiger partial charge in [-0.15, -0.1) is 0 Å². The molecule has 2 aliphatic rings. The molecular formula is C22H33N3O2. The van der Waals surface area contributed by atoms with Crippen molar-refractivity contribution < 1.29 is 9.59 Å². The number of carbonyl (C=O) groups is 2. The van der Waals surface area contributed by atoms with Gasteiger partial charge in [0.25, 0.3) is 5.91 Å². The Bertz CT molecular complexity index is 640. The summed E-state index contributed by atoms with van der Waals surface area (Å²) in [5.74, 6) is 0.339. The van der Waals surface area contributed by atoms with E-state index in [-0.39, 0.29) is 11.8 Å². The zero-order valence-electron chi connectivity index (χ0n) is 17.0. The highest BCUT2D eigenvalue weighted by molar-refractivity contribution is 5.94. The molecule has 2 heterocycles. The molecule has 2 amide bonds. The van der Waals surface area contributed by atoms with Crippen LogP contribution in [0.3, 0.4) is 0 Å². The predicted octanol–water partition coefficient (Wildman–Crippen LogP) is 2.80. The van der Waals surface area contributed by atoms with Crippen LogP contribution in [0.5, 0.6) is 0 Å². The molecule has 0 aromatic heterocycles.